The zero-order valence-corrected chi connectivity index (χ0v) is 14.7. The van der Waals surface area contributed by atoms with Crippen LogP contribution in [0.5, 0.6) is 0 Å². The van der Waals surface area contributed by atoms with Gasteiger partial charge in [-0.05, 0) is 49.9 Å². The molecule has 1 aromatic heterocycles. The number of rotatable bonds is 4. The van der Waals surface area contributed by atoms with Crippen molar-refractivity contribution < 1.29 is 4.79 Å². The van der Waals surface area contributed by atoms with Gasteiger partial charge in [-0.3, -0.25) is 4.79 Å². The first kappa shape index (κ1) is 16.3. The predicted molar refractivity (Wildman–Crippen MR) is 98.6 cm³/mol. The average molecular weight is 357 g/mol. The van der Waals surface area contributed by atoms with Crippen LogP contribution in [0.1, 0.15) is 25.7 Å². The molecular formula is C19H21ClN4O. The minimum Gasteiger partial charge on any atom is -0.354 e. The first-order valence-electron chi connectivity index (χ1n) is 8.84. The average Bonchev–Trinajstić information content (AvgIpc) is 3.47. The molecule has 0 spiro atoms. The quantitative estimate of drug-likeness (QED) is 0.913. The summed E-state index contributed by atoms with van der Waals surface area (Å²) in [6.45, 7) is 1.63. The lowest BCUT2D eigenvalue weighted by Gasteiger charge is -2.32. The summed E-state index contributed by atoms with van der Waals surface area (Å²) in [7, 11) is 0. The maximum absolute atomic E-state index is 12.3. The molecular weight excluding hydrogens is 336 g/mol. The third kappa shape index (κ3) is 3.93. The molecule has 4 rings (SSSR count). The lowest BCUT2D eigenvalue weighted by Crippen LogP contribution is -2.44. The molecule has 130 valence electrons. The SMILES string of the molecule is O=C(NC1CC1)C1CCCN(c2ccc(-c3ccc(Cl)cc3)nn2)C1. The molecule has 1 N–H and O–H groups in total. The van der Waals surface area contributed by atoms with E-state index in [-0.39, 0.29) is 11.8 Å². The summed E-state index contributed by atoms with van der Waals surface area (Å²) in [5.74, 6) is 1.08. The molecule has 1 aromatic carbocycles. The van der Waals surface area contributed by atoms with E-state index in [0.717, 1.165) is 49.3 Å². The van der Waals surface area contributed by atoms with Gasteiger partial charge in [0.25, 0.3) is 0 Å². The van der Waals surface area contributed by atoms with Gasteiger partial charge in [0.05, 0.1) is 11.6 Å². The minimum atomic E-state index is 0.0482. The van der Waals surface area contributed by atoms with Crippen molar-refractivity contribution in [1.29, 1.82) is 0 Å². The molecule has 0 radical (unpaired) electrons. The number of aromatic nitrogens is 2. The molecule has 6 heteroatoms. The van der Waals surface area contributed by atoms with E-state index in [0.29, 0.717) is 17.6 Å². The van der Waals surface area contributed by atoms with Gasteiger partial charge < -0.3 is 10.2 Å². The zero-order valence-electron chi connectivity index (χ0n) is 14.0. The number of anilines is 1. The summed E-state index contributed by atoms with van der Waals surface area (Å²) in [6.07, 6.45) is 4.20. The van der Waals surface area contributed by atoms with Crippen molar-refractivity contribution in [1.82, 2.24) is 15.5 Å². The van der Waals surface area contributed by atoms with Crippen molar-refractivity contribution in [2.75, 3.05) is 18.0 Å². The Morgan fingerprint density at radius 3 is 2.56 bits per heavy atom. The Balaban J connectivity index is 1.43. The van der Waals surface area contributed by atoms with Crippen molar-refractivity contribution in [3.8, 4) is 11.3 Å². The van der Waals surface area contributed by atoms with Crippen LogP contribution >= 0.6 is 11.6 Å². The first-order chi connectivity index (χ1) is 12.2. The van der Waals surface area contributed by atoms with Gasteiger partial charge in [-0.15, -0.1) is 10.2 Å². The van der Waals surface area contributed by atoms with Crippen LogP contribution in [0.2, 0.25) is 5.02 Å². The molecule has 2 heterocycles. The van der Waals surface area contributed by atoms with E-state index in [4.69, 9.17) is 11.6 Å². The number of hydrogen-bond donors (Lipinski definition) is 1. The highest BCUT2D eigenvalue weighted by molar-refractivity contribution is 6.30. The molecule has 1 saturated carbocycles. The Labute approximate surface area is 152 Å². The maximum atomic E-state index is 12.3. The number of hydrogen-bond acceptors (Lipinski definition) is 4. The molecule has 1 aliphatic carbocycles. The number of carbonyl (C=O) groups is 1. The van der Waals surface area contributed by atoms with Crippen LogP contribution in [0.25, 0.3) is 11.3 Å². The van der Waals surface area contributed by atoms with Gasteiger partial charge in [0.2, 0.25) is 5.91 Å². The molecule has 1 saturated heterocycles. The summed E-state index contributed by atoms with van der Waals surface area (Å²) < 4.78 is 0. The van der Waals surface area contributed by atoms with Crippen LogP contribution in [-0.2, 0) is 4.79 Å². The molecule has 1 atom stereocenters. The van der Waals surface area contributed by atoms with E-state index in [1.54, 1.807) is 0 Å². The van der Waals surface area contributed by atoms with Gasteiger partial charge >= 0.3 is 0 Å². The number of nitrogens with one attached hydrogen (secondary N) is 1. The summed E-state index contributed by atoms with van der Waals surface area (Å²) in [6, 6.07) is 11.9. The predicted octanol–water partition coefficient (Wildman–Crippen LogP) is 3.29. The monoisotopic (exact) mass is 356 g/mol. The van der Waals surface area contributed by atoms with E-state index in [9.17, 15) is 4.79 Å². The smallest absolute Gasteiger partial charge is 0.225 e. The lowest BCUT2D eigenvalue weighted by atomic mass is 9.97. The number of carbonyl (C=O) groups excluding carboxylic acids is 1. The fourth-order valence-corrected chi connectivity index (χ4v) is 3.34. The molecule has 2 fully saturated rings. The second kappa shape index (κ2) is 7.00. The molecule has 0 bridgehead atoms. The lowest BCUT2D eigenvalue weighted by molar-refractivity contribution is -0.125. The van der Waals surface area contributed by atoms with Crippen molar-refractivity contribution in [3.63, 3.8) is 0 Å². The Morgan fingerprint density at radius 2 is 1.88 bits per heavy atom. The molecule has 1 unspecified atom stereocenters. The van der Waals surface area contributed by atoms with Gasteiger partial charge in [0.15, 0.2) is 5.82 Å². The third-order valence-electron chi connectivity index (χ3n) is 4.83. The Bertz CT molecular complexity index is 743. The molecule has 1 amide bonds. The topological polar surface area (TPSA) is 58.1 Å². The van der Waals surface area contributed by atoms with Crippen LogP contribution in [0.3, 0.4) is 0 Å². The second-order valence-electron chi connectivity index (χ2n) is 6.85. The van der Waals surface area contributed by atoms with E-state index < -0.39 is 0 Å². The van der Waals surface area contributed by atoms with Crippen molar-refractivity contribution >= 4 is 23.3 Å². The number of halogens is 1. The van der Waals surface area contributed by atoms with E-state index >= 15 is 0 Å². The van der Waals surface area contributed by atoms with Gasteiger partial charge in [-0.2, -0.15) is 0 Å². The highest BCUT2D eigenvalue weighted by Crippen LogP contribution is 2.25. The van der Waals surface area contributed by atoms with E-state index in [1.807, 2.05) is 36.4 Å². The largest absolute Gasteiger partial charge is 0.354 e. The fraction of sp³-hybridized carbons (Fsp3) is 0.421. The van der Waals surface area contributed by atoms with Crippen molar-refractivity contribution in [2.45, 2.75) is 31.7 Å². The minimum absolute atomic E-state index is 0.0482. The van der Waals surface area contributed by atoms with Gasteiger partial charge in [0, 0.05) is 29.7 Å². The van der Waals surface area contributed by atoms with E-state index in [2.05, 4.69) is 20.4 Å². The van der Waals surface area contributed by atoms with Crippen LogP contribution < -0.4 is 10.2 Å². The fourth-order valence-electron chi connectivity index (χ4n) is 3.21. The van der Waals surface area contributed by atoms with Gasteiger partial charge in [-0.25, -0.2) is 0 Å². The summed E-state index contributed by atoms with van der Waals surface area (Å²) >= 11 is 5.93. The van der Waals surface area contributed by atoms with Crippen LogP contribution in [0, 0.1) is 5.92 Å². The number of nitrogens with zero attached hydrogens (tertiary/aromatic N) is 3. The Morgan fingerprint density at radius 1 is 1.08 bits per heavy atom. The number of amides is 1. The summed E-state index contributed by atoms with van der Waals surface area (Å²) in [4.78, 5) is 14.5. The highest BCUT2D eigenvalue weighted by atomic mass is 35.5. The standard InChI is InChI=1S/C19H21ClN4O/c20-15-5-3-13(4-6-15)17-9-10-18(23-22-17)24-11-1-2-14(12-24)19(25)21-16-7-8-16/h3-6,9-10,14,16H,1-2,7-8,11-12H2,(H,21,25). The van der Waals surface area contributed by atoms with Crippen LogP contribution in [-0.4, -0.2) is 35.2 Å². The third-order valence-corrected chi connectivity index (χ3v) is 5.08. The first-order valence-corrected chi connectivity index (χ1v) is 9.22. The van der Waals surface area contributed by atoms with Gasteiger partial charge in [-0.1, -0.05) is 23.7 Å². The maximum Gasteiger partial charge on any atom is 0.225 e. The molecule has 2 aromatic rings. The van der Waals surface area contributed by atoms with Crippen LogP contribution in [0.4, 0.5) is 5.82 Å². The number of piperidine rings is 1. The zero-order chi connectivity index (χ0) is 17.2. The van der Waals surface area contributed by atoms with Crippen molar-refractivity contribution in [3.05, 3.63) is 41.4 Å². The molecule has 1 aliphatic heterocycles. The second-order valence-corrected chi connectivity index (χ2v) is 7.29. The normalized spacial score (nSPS) is 20.4. The van der Waals surface area contributed by atoms with E-state index in [1.165, 1.54) is 0 Å². The number of benzene rings is 1. The Hall–Kier alpha value is -2.14. The van der Waals surface area contributed by atoms with Crippen LogP contribution in [0.15, 0.2) is 36.4 Å². The highest BCUT2D eigenvalue weighted by Gasteiger charge is 2.30. The molecule has 2 aliphatic rings. The molecule has 5 nitrogen and oxygen atoms in total. The van der Waals surface area contributed by atoms with Gasteiger partial charge in [0.1, 0.15) is 0 Å². The molecule has 25 heavy (non-hydrogen) atoms. The summed E-state index contributed by atoms with van der Waals surface area (Å²) in [5, 5.41) is 12.6. The van der Waals surface area contributed by atoms with Crippen molar-refractivity contribution in [2.24, 2.45) is 5.92 Å². The Kier molecular flexibility index (Phi) is 4.57. The summed E-state index contributed by atoms with van der Waals surface area (Å²) in [5.41, 5.74) is 1.81.